The summed E-state index contributed by atoms with van der Waals surface area (Å²) in [6, 6.07) is 8.25. The second kappa shape index (κ2) is 5.64. The Balaban J connectivity index is 2.82. The predicted octanol–water partition coefficient (Wildman–Crippen LogP) is 1.70. The average Bonchev–Trinajstić information content (AvgIpc) is 2.34. The molecule has 18 heavy (non-hydrogen) atoms. The molecule has 0 bridgehead atoms. The normalized spacial score (nSPS) is 12.2. The highest BCUT2D eigenvalue weighted by Gasteiger charge is 2.13. The summed E-state index contributed by atoms with van der Waals surface area (Å²) < 4.78 is 0. The second-order valence-corrected chi connectivity index (χ2v) is 5.16. The molecule has 1 aromatic carbocycles. The average molecular weight is 247 g/mol. The summed E-state index contributed by atoms with van der Waals surface area (Å²) in [5.74, 6) is 5.02. The van der Waals surface area contributed by atoms with Gasteiger partial charge in [0.2, 0.25) is 5.96 Å². The number of hydrazone groups is 1. The smallest absolute Gasteiger partial charge is 0.223 e. The molecule has 5 heteroatoms. The van der Waals surface area contributed by atoms with Gasteiger partial charge in [-0.05, 0) is 23.5 Å². The van der Waals surface area contributed by atoms with Gasteiger partial charge in [0.05, 0.1) is 5.71 Å². The number of benzene rings is 1. The quantitative estimate of drug-likeness (QED) is 0.278. The minimum absolute atomic E-state index is 0.0411. The van der Waals surface area contributed by atoms with Crippen LogP contribution in [0.4, 0.5) is 0 Å². The van der Waals surface area contributed by atoms with Gasteiger partial charge in [-0.25, -0.2) is 11.3 Å². The van der Waals surface area contributed by atoms with E-state index in [1.54, 1.807) is 0 Å². The summed E-state index contributed by atoms with van der Waals surface area (Å²) in [5.41, 5.74) is 7.92. The Kier molecular flexibility index (Phi) is 4.44. The van der Waals surface area contributed by atoms with Crippen LogP contribution in [0.25, 0.3) is 0 Å². The molecule has 0 atom stereocenters. The molecule has 0 aliphatic rings. The van der Waals surface area contributed by atoms with Crippen molar-refractivity contribution in [2.75, 3.05) is 0 Å². The number of hydrogen-bond donors (Lipinski definition) is 4. The molecule has 0 aromatic heterocycles. The second-order valence-electron chi connectivity index (χ2n) is 5.16. The lowest BCUT2D eigenvalue weighted by Gasteiger charge is -2.19. The first-order chi connectivity index (χ1) is 8.34. The van der Waals surface area contributed by atoms with E-state index < -0.39 is 0 Å². The van der Waals surface area contributed by atoms with Gasteiger partial charge in [-0.15, -0.1) is 0 Å². The van der Waals surface area contributed by atoms with Crippen molar-refractivity contribution in [1.82, 2.24) is 10.9 Å². The molecule has 98 valence electrons. The molecule has 0 fully saturated rings. The number of nitrogens with two attached hydrogens (primary N) is 1. The van der Waals surface area contributed by atoms with Crippen molar-refractivity contribution in [2.45, 2.75) is 33.1 Å². The van der Waals surface area contributed by atoms with Crippen molar-refractivity contribution in [3.63, 3.8) is 0 Å². The highest BCUT2D eigenvalue weighted by atomic mass is 15.4. The van der Waals surface area contributed by atoms with Crippen LogP contribution in [-0.2, 0) is 5.41 Å². The first-order valence-electron chi connectivity index (χ1n) is 5.81. The van der Waals surface area contributed by atoms with Crippen LogP contribution in [0.15, 0.2) is 29.4 Å². The zero-order chi connectivity index (χ0) is 13.8. The van der Waals surface area contributed by atoms with Crippen molar-refractivity contribution in [2.24, 2.45) is 10.9 Å². The van der Waals surface area contributed by atoms with Crippen LogP contribution < -0.4 is 16.7 Å². The monoisotopic (exact) mass is 247 g/mol. The largest absolute Gasteiger partial charge is 0.293 e. The molecule has 0 saturated carbocycles. The van der Waals surface area contributed by atoms with Crippen LogP contribution in [-0.4, -0.2) is 11.7 Å². The maximum absolute atomic E-state index is 7.25. The van der Waals surface area contributed by atoms with Gasteiger partial charge in [0.25, 0.3) is 0 Å². The number of hydrazine groups is 1. The zero-order valence-corrected chi connectivity index (χ0v) is 11.3. The maximum atomic E-state index is 7.25. The fourth-order valence-electron chi connectivity index (χ4n) is 1.45. The molecule has 0 saturated heterocycles. The number of guanidine groups is 1. The summed E-state index contributed by atoms with van der Waals surface area (Å²) in [7, 11) is 0. The number of hydrogen-bond acceptors (Lipinski definition) is 3. The Morgan fingerprint density at radius 1 is 1.22 bits per heavy atom. The van der Waals surface area contributed by atoms with Gasteiger partial charge in [-0.3, -0.25) is 10.8 Å². The Labute approximate surface area is 108 Å². The van der Waals surface area contributed by atoms with E-state index in [1.807, 2.05) is 19.1 Å². The Morgan fingerprint density at radius 3 is 2.22 bits per heavy atom. The number of rotatable bonds is 2. The van der Waals surface area contributed by atoms with Gasteiger partial charge in [-0.1, -0.05) is 45.0 Å². The topological polar surface area (TPSA) is 86.3 Å². The summed E-state index contributed by atoms with van der Waals surface area (Å²) in [5, 5.41) is 11.3. The summed E-state index contributed by atoms with van der Waals surface area (Å²) >= 11 is 0. The molecule has 1 rings (SSSR count). The van der Waals surface area contributed by atoms with E-state index >= 15 is 0 Å². The van der Waals surface area contributed by atoms with Crippen LogP contribution in [0.2, 0.25) is 0 Å². The van der Waals surface area contributed by atoms with E-state index in [4.69, 9.17) is 11.3 Å². The minimum atomic E-state index is -0.0411. The van der Waals surface area contributed by atoms with Gasteiger partial charge in [0.1, 0.15) is 0 Å². The van der Waals surface area contributed by atoms with Crippen molar-refractivity contribution < 1.29 is 0 Å². The minimum Gasteiger partial charge on any atom is -0.293 e. The molecule has 0 amide bonds. The van der Waals surface area contributed by atoms with Crippen LogP contribution in [0, 0.1) is 5.41 Å². The first-order valence-corrected chi connectivity index (χ1v) is 5.81. The van der Waals surface area contributed by atoms with Crippen LogP contribution in [0.1, 0.15) is 38.8 Å². The standard InChI is InChI=1S/C13H21N5/c1-9(17-18-12(14)16-15)10-5-7-11(8-6-10)13(2,3)4/h5-8H,15H2,1-4H3,(H3,14,16,18)/b17-9+. The lowest BCUT2D eigenvalue weighted by atomic mass is 9.86. The molecule has 0 aliphatic carbocycles. The summed E-state index contributed by atoms with van der Waals surface area (Å²) in [6.07, 6.45) is 0. The van der Waals surface area contributed by atoms with Gasteiger partial charge in [-0.2, -0.15) is 5.10 Å². The van der Waals surface area contributed by atoms with E-state index in [2.05, 4.69) is 48.9 Å². The molecule has 0 aliphatic heterocycles. The summed E-state index contributed by atoms with van der Waals surface area (Å²) in [4.78, 5) is 0. The van der Waals surface area contributed by atoms with Crippen LogP contribution >= 0.6 is 0 Å². The highest BCUT2D eigenvalue weighted by Crippen LogP contribution is 2.22. The van der Waals surface area contributed by atoms with Crippen LogP contribution in [0.3, 0.4) is 0 Å². The molecule has 0 heterocycles. The molecular formula is C13H21N5. The van der Waals surface area contributed by atoms with Gasteiger partial charge in [0, 0.05) is 0 Å². The Morgan fingerprint density at radius 2 is 1.78 bits per heavy atom. The molecule has 0 unspecified atom stereocenters. The lowest BCUT2D eigenvalue weighted by molar-refractivity contribution is 0.590. The van der Waals surface area contributed by atoms with E-state index in [0.717, 1.165) is 11.3 Å². The van der Waals surface area contributed by atoms with Gasteiger partial charge < -0.3 is 0 Å². The fourth-order valence-corrected chi connectivity index (χ4v) is 1.45. The van der Waals surface area contributed by atoms with Crippen molar-refractivity contribution in [3.05, 3.63) is 35.4 Å². The predicted molar refractivity (Wildman–Crippen MR) is 75.5 cm³/mol. The van der Waals surface area contributed by atoms with Gasteiger partial charge >= 0.3 is 0 Å². The SMILES string of the molecule is C/C(=N\NC(=N)NN)c1ccc(C(C)(C)C)cc1. The fraction of sp³-hybridized carbons (Fsp3) is 0.385. The molecule has 0 spiro atoms. The number of nitrogens with one attached hydrogen (secondary N) is 3. The van der Waals surface area contributed by atoms with E-state index in [1.165, 1.54) is 5.56 Å². The molecule has 5 N–H and O–H groups in total. The van der Waals surface area contributed by atoms with Crippen molar-refractivity contribution in [1.29, 1.82) is 5.41 Å². The molecule has 5 nitrogen and oxygen atoms in total. The molecular weight excluding hydrogens is 226 g/mol. The Hall–Kier alpha value is -1.88. The highest BCUT2D eigenvalue weighted by molar-refractivity contribution is 5.99. The third-order valence-corrected chi connectivity index (χ3v) is 2.65. The van der Waals surface area contributed by atoms with E-state index in [-0.39, 0.29) is 11.4 Å². The first kappa shape index (κ1) is 14.2. The van der Waals surface area contributed by atoms with Crippen molar-refractivity contribution in [3.8, 4) is 0 Å². The van der Waals surface area contributed by atoms with E-state index in [0.29, 0.717) is 0 Å². The van der Waals surface area contributed by atoms with Crippen molar-refractivity contribution >= 4 is 11.7 Å². The molecule has 1 aromatic rings. The van der Waals surface area contributed by atoms with E-state index in [9.17, 15) is 0 Å². The zero-order valence-electron chi connectivity index (χ0n) is 11.3. The Bertz CT molecular complexity index is 439. The molecule has 0 radical (unpaired) electrons. The number of nitrogens with zero attached hydrogens (tertiary/aromatic N) is 1. The van der Waals surface area contributed by atoms with Crippen LogP contribution in [0.5, 0.6) is 0 Å². The lowest BCUT2D eigenvalue weighted by Crippen LogP contribution is -2.38. The van der Waals surface area contributed by atoms with Gasteiger partial charge in [0.15, 0.2) is 0 Å². The third-order valence-electron chi connectivity index (χ3n) is 2.65. The maximum Gasteiger partial charge on any atom is 0.223 e. The third kappa shape index (κ3) is 3.85. The summed E-state index contributed by atoms with van der Waals surface area (Å²) in [6.45, 7) is 8.42.